The molecule has 1 aromatic rings. The average molecular weight is 237 g/mol. The van der Waals surface area contributed by atoms with Gasteiger partial charge in [-0.25, -0.2) is 0 Å². The standard InChI is InChI=1S/C12H19N3O2/c1-8-10(6-13-15(8)2)12(17)14-11-5-3-4-9(11)7-16/h6,9,11,16H,3-5,7H2,1-2H3,(H,14,17). The van der Waals surface area contributed by atoms with Crippen LogP contribution >= 0.6 is 0 Å². The van der Waals surface area contributed by atoms with Gasteiger partial charge in [0.25, 0.3) is 5.91 Å². The van der Waals surface area contributed by atoms with Crippen molar-refractivity contribution < 1.29 is 9.90 Å². The SMILES string of the molecule is Cc1c(C(=O)NC2CCCC2CO)cnn1C. The lowest BCUT2D eigenvalue weighted by molar-refractivity contribution is 0.0915. The minimum Gasteiger partial charge on any atom is -0.396 e. The molecule has 2 N–H and O–H groups in total. The Balaban J connectivity index is 2.04. The predicted molar refractivity (Wildman–Crippen MR) is 63.6 cm³/mol. The van der Waals surface area contributed by atoms with Gasteiger partial charge >= 0.3 is 0 Å². The Labute approximate surface area is 101 Å². The van der Waals surface area contributed by atoms with Crippen molar-refractivity contribution in [1.82, 2.24) is 15.1 Å². The van der Waals surface area contributed by atoms with Gasteiger partial charge in [0.1, 0.15) is 0 Å². The number of hydrogen-bond donors (Lipinski definition) is 2. The molecule has 5 heteroatoms. The zero-order valence-electron chi connectivity index (χ0n) is 10.3. The van der Waals surface area contributed by atoms with E-state index in [1.165, 1.54) is 0 Å². The van der Waals surface area contributed by atoms with Crippen LogP contribution in [0, 0.1) is 12.8 Å². The van der Waals surface area contributed by atoms with Crippen LogP contribution in [0.3, 0.4) is 0 Å². The van der Waals surface area contributed by atoms with Gasteiger partial charge in [0, 0.05) is 31.3 Å². The number of carbonyl (C=O) groups is 1. The molecule has 0 saturated heterocycles. The van der Waals surface area contributed by atoms with Crippen molar-refractivity contribution in [1.29, 1.82) is 0 Å². The van der Waals surface area contributed by atoms with Crippen LogP contribution in [-0.4, -0.2) is 33.4 Å². The number of aliphatic hydroxyl groups excluding tert-OH is 1. The van der Waals surface area contributed by atoms with Gasteiger partial charge in [0.15, 0.2) is 0 Å². The average Bonchev–Trinajstić information content (AvgIpc) is 2.87. The fraction of sp³-hybridized carbons (Fsp3) is 0.667. The first-order chi connectivity index (χ1) is 8.13. The maximum Gasteiger partial charge on any atom is 0.254 e. The quantitative estimate of drug-likeness (QED) is 0.810. The number of nitrogens with zero attached hydrogens (tertiary/aromatic N) is 2. The summed E-state index contributed by atoms with van der Waals surface area (Å²) in [5.74, 6) is 0.122. The lowest BCUT2D eigenvalue weighted by Gasteiger charge is -2.18. The first-order valence-electron chi connectivity index (χ1n) is 6.03. The summed E-state index contributed by atoms with van der Waals surface area (Å²) in [4.78, 5) is 12.1. The minimum absolute atomic E-state index is 0.0825. The Kier molecular flexibility index (Phi) is 3.47. The molecule has 0 aromatic carbocycles. The number of aryl methyl sites for hydroxylation is 1. The molecule has 17 heavy (non-hydrogen) atoms. The Morgan fingerprint density at radius 3 is 3.00 bits per heavy atom. The molecule has 1 heterocycles. The molecule has 5 nitrogen and oxygen atoms in total. The topological polar surface area (TPSA) is 67.2 Å². The second-order valence-corrected chi connectivity index (χ2v) is 4.72. The van der Waals surface area contributed by atoms with Gasteiger partial charge in [-0.15, -0.1) is 0 Å². The molecule has 1 saturated carbocycles. The third-order valence-corrected chi connectivity index (χ3v) is 3.69. The molecule has 2 unspecified atom stereocenters. The summed E-state index contributed by atoms with van der Waals surface area (Å²) in [6.07, 6.45) is 4.61. The molecule has 1 fully saturated rings. The summed E-state index contributed by atoms with van der Waals surface area (Å²) in [6.45, 7) is 2.02. The van der Waals surface area contributed by atoms with Crippen molar-refractivity contribution in [2.24, 2.45) is 13.0 Å². The third kappa shape index (κ3) is 2.34. The summed E-state index contributed by atoms with van der Waals surface area (Å²) in [5.41, 5.74) is 1.48. The number of carbonyl (C=O) groups excluding carboxylic acids is 1. The van der Waals surface area contributed by atoms with Gasteiger partial charge < -0.3 is 10.4 Å². The summed E-state index contributed by atoms with van der Waals surface area (Å²) >= 11 is 0. The van der Waals surface area contributed by atoms with Gasteiger partial charge in [-0.05, 0) is 19.8 Å². The second-order valence-electron chi connectivity index (χ2n) is 4.72. The minimum atomic E-state index is -0.0825. The van der Waals surface area contributed by atoms with Crippen LogP contribution in [-0.2, 0) is 7.05 Å². The Morgan fingerprint density at radius 1 is 1.65 bits per heavy atom. The van der Waals surface area contributed by atoms with Crippen LogP contribution in [0.2, 0.25) is 0 Å². The highest BCUT2D eigenvalue weighted by molar-refractivity contribution is 5.95. The van der Waals surface area contributed by atoms with Gasteiger partial charge in [0.05, 0.1) is 11.8 Å². The predicted octanol–water partition coefficient (Wildman–Crippen LogP) is 0.619. The summed E-state index contributed by atoms with van der Waals surface area (Å²) in [5, 5.41) is 16.3. The van der Waals surface area contributed by atoms with Crippen LogP contribution in [0.4, 0.5) is 0 Å². The molecule has 0 aliphatic heterocycles. The van der Waals surface area contributed by atoms with E-state index >= 15 is 0 Å². The molecule has 1 aliphatic carbocycles. The van der Waals surface area contributed by atoms with Gasteiger partial charge in [-0.3, -0.25) is 9.48 Å². The molecule has 94 valence electrons. The van der Waals surface area contributed by atoms with Crippen LogP contribution < -0.4 is 5.32 Å². The van der Waals surface area contributed by atoms with E-state index < -0.39 is 0 Å². The Hall–Kier alpha value is -1.36. The van der Waals surface area contributed by atoms with E-state index in [0.29, 0.717) is 5.56 Å². The van der Waals surface area contributed by atoms with Crippen molar-refractivity contribution in [2.75, 3.05) is 6.61 Å². The first-order valence-corrected chi connectivity index (χ1v) is 6.03. The number of aliphatic hydroxyl groups is 1. The molecule has 1 aliphatic rings. The van der Waals surface area contributed by atoms with Crippen molar-refractivity contribution in [3.63, 3.8) is 0 Å². The smallest absolute Gasteiger partial charge is 0.254 e. The van der Waals surface area contributed by atoms with E-state index in [1.54, 1.807) is 10.9 Å². The maximum atomic E-state index is 12.1. The Morgan fingerprint density at radius 2 is 2.41 bits per heavy atom. The summed E-state index contributed by atoms with van der Waals surface area (Å²) in [6, 6.07) is 0.104. The van der Waals surface area contributed by atoms with Crippen molar-refractivity contribution in [3.8, 4) is 0 Å². The fourth-order valence-corrected chi connectivity index (χ4v) is 2.41. The van der Waals surface area contributed by atoms with Crippen LogP contribution in [0.15, 0.2) is 6.20 Å². The summed E-state index contributed by atoms with van der Waals surface area (Å²) in [7, 11) is 1.82. The van der Waals surface area contributed by atoms with E-state index in [1.807, 2.05) is 14.0 Å². The van der Waals surface area contributed by atoms with Crippen molar-refractivity contribution >= 4 is 5.91 Å². The van der Waals surface area contributed by atoms with Crippen LogP contribution in [0.25, 0.3) is 0 Å². The molecule has 0 bridgehead atoms. The fourth-order valence-electron chi connectivity index (χ4n) is 2.41. The molecule has 2 rings (SSSR count). The molecule has 1 aromatic heterocycles. The zero-order chi connectivity index (χ0) is 12.4. The third-order valence-electron chi connectivity index (χ3n) is 3.69. The molecule has 2 atom stereocenters. The van der Waals surface area contributed by atoms with E-state index in [2.05, 4.69) is 10.4 Å². The maximum absolute atomic E-state index is 12.1. The molecule has 1 amide bonds. The van der Waals surface area contributed by atoms with Crippen molar-refractivity contribution in [3.05, 3.63) is 17.5 Å². The van der Waals surface area contributed by atoms with Gasteiger partial charge in [-0.2, -0.15) is 5.10 Å². The van der Waals surface area contributed by atoms with E-state index in [4.69, 9.17) is 0 Å². The van der Waals surface area contributed by atoms with Crippen molar-refractivity contribution in [2.45, 2.75) is 32.2 Å². The number of rotatable bonds is 3. The molecule has 0 radical (unpaired) electrons. The highest BCUT2D eigenvalue weighted by Gasteiger charge is 2.28. The lowest BCUT2D eigenvalue weighted by Crippen LogP contribution is -2.38. The highest BCUT2D eigenvalue weighted by atomic mass is 16.3. The van der Waals surface area contributed by atoms with Crippen LogP contribution in [0.5, 0.6) is 0 Å². The normalized spacial score (nSPS) is 23.9. The second kappa shape index (κ2) is 4.87. The number of amides is 1. The van der Waals surface area contributed by atoms with E-state index in [-0.39, 0.29) is 24.5 Å². The highest BCUT2D eigenvalue weighted by Crippen LogP contribution is 2.25. The number of aromatic nitrogens is 2. The molecule has 0 spiro atoms. The van der Waals surface area contributed by atoms with Crippen LogP contribution in [0.1, 0.15) is 35.3 Å². The number of hydrogen-bond acceptors (Lipinski definition) is 3. The Bertz CT molecular complexity index is 414. The van der Waals surface area contributed by atoms with Gasteiger partial charge in [0.2, 0.25) is 0 Å². The number of nitrogens with one attached hydrogen (secondary N) is 1. The lowest BCUT2D eigenvalue weighted by atomic mass is 10.0. The van der Waals surface area contributed by atoms with E-state index in [9.17, 15) is 9.90 Å². The monoisotopic (exact) mass is 237 g/mol. The zero-order valence-corrected chi connectivity index (χ0v) is 10.3. The first kappa shape index (κ1) is 12.1. The molecular weight excluding hydrogens is 218 g/mol. The van der Waals surface area contributed by atoms with Gasteiger partial charge in [-0.1, -0.05) is 6.42 Å². The molecular formula is C12H19N3O2. The summed E-state index contributed by atoms with van der Waals surface area (Å²) < 4.78 is 1.69. The van der Waals surface area contributed by atoms with E-state index in [0.717, 1.165) is 25.0 Å². The largest absolute Gasteiger partial charge is 0.396 e.